The zero-order chi connectivity index (χ0) is 10.3. The Balaban J connectivity index is 3.98. The van der Waals surface area contributed by atoms with Gasteiger partial charge in [0.05, 0.1) is 5.60 Å². The molecule has 0 aliphatic carbocycles. The minimum Gasteiger partial charge on any atom is -0.386 e. The van der Waals surface area contributed by atoms with Gasteiger partial charge >= 0.3 is 0 Å². The van der Waals surface area contributed by atoms with Crippen LogP contribution in [0.1, 0.15) is 33.6 Å². The van der Waals surface area contributed by atoms with Crippen molar-refractivity contribution in [2.24, 2.45) is 0 Å². The predicted molar refractivity (Wildman–Crippen MR) is 57.3 cm³/mol. The molecule has 0 saturated carbocycles. The average Bonchev–Trinajstić information content (AvgIpc) is 2.00. The van der Waals surface area contributed by atoms with Crippen molar-refractivity contribution in [3.8, 4) is 12.3 Å². The fourth-order valence-corrected chi connectivity index (χ4v) is 0.964. The Bertz CT molecular complexity index is 234. The number of hydrogen-bond acceptors (Lipinski definition) is 1. The van der Waals surface area contributed by atoms with Gasteiger partial charge in [-0.1, -0.05) is 17.6 Å². The Labute approximate surface area is 81.2 Å². The molecule has 0 fully saturated rings. The normalized spacial score (nSPS) is 15.0. The summed E-state index contributed by atoms with van der Waals surface area (Å²) in [5, 5.41) is 9.75. The molecular formula is C12H18O. The number of terminal acetylenes is 1. The third kappa shape index (κ3) is 7.36. The fourth-order valence-electron chi connectivity index (χ4n) is 0.964. The highest BCUT2D eigenvalue weighted by atomic mass is 16.3. The zero-order valence-corrected chi connectivity index (χ0v) is 8.67. The second kappa shape index (κ2) is 5.61. The molecule has 0 aliphatic heterocycles. The van der Waals surface area contributed by atoms with E-state index in [1.165, 1.54) is 5.57 Å². The number of aliphatic hydroxyl groups is 1. The Hall–Kier alpha value is -1.00. The van der Waals surface area contributed by atoms with Crippen LogP contribution in [0.2, 0.25) is 0 Å². The number of allylic oxidation sites excluding steroid dienone is 3. The summed E-state index contributed by atoms with van der Waals surface area (Å²) in [6, 6.07) is 0. The van der Waals surface area contributed by atoms with Crippen LogP contribution in [-0.4, -0.2) is 10.7 Å². The quantitative estimate of drug-likeness (QED) is 0.518. The van der Waals surface area contributed by atoms with E-state index in [1.807, 2.05) is 13.8 Å². The van der Waals surface area contributed by atoms with Crippen molar-refractivity contribution in [2.45, 2.75) is 39.2 Å². The molecular weight excluding hydrogens is 160 g/mol. The molecule has 0 radical (unpaired) electrons. The molecule has 72 valence electrons. The molecule has 1 atom stereocenters. The highest BCUT2D eigenvalue weighted by Gasteiger charge is 2.13. The lowest BCUT2D eigenvalue weighted by atomic mass is 9.99. The molecule has 0 rings (SSSR count). The van der Waals surface area contributed by atoms with Gasteiger partial charge in [-0.3, -0.25) is 0 Å². The summed E-state index contributed by atoms with van der Waals surface area (Å²) in [5.74, 6) is 2.37. The largest absolute Gasteiger partial charge is 0.386 e. The Morgan fingerprint density at radius 3 is 2.62 bits per heavy atom. The van der Waals surface area contributed by atoms with E-state index >= 15 is 0 Å². The Morgan fingerprint density at radius 2 is 2.15 bits per heavy atom. The molecule has 0 heterocycles. The van der Waals surface area contributed by atoms with Gasteiger partial charge in [0.15, 0.2) is 0 Å². The van der Waals surface area contributed by atoms with Crippen molar-refractivity contribution in [3.63, 3.8) is 0 Å². The van der Waals surface area contributed by atoms with E-state index in [9.17, 15) is 5.11 Å². The van der Waals surface area contributed by atoms with Gasteiger partial charge in [0.25, 0.3) is 0 Å². The Kier molecular flexibility index (Phi) is 5.18. The SMILES string of the molecule is C#C/C=C/[C@](C)(O)CCC=C(C)C. The summed E-state index contributed by atoms with van der Waals surface area (Å²) in [5.41, 5.74) is 0.495. The molecule has 0 unspecified atom stereocenters. The minimum atomic E-state index is -0.779. The van der Waals surface area contributed by atoms with Gasteiger partial charge in [0.1, 0.15) is 0 Å². The van der Waals surface area contributed by atoms with E-state index in [-0.39, 0.29) is 0 Å². The van der Waals surface area contributed by atoms with Gasteiger partial charge < -0.3 is 5.11 Å². The van der Waals surface area contributed by atoms with Crippen molar-refractivity contribution < 1.29 is 5.11 Å². The van der Waals surface area contributed by atoms with E-state index in [2.05, 4.69) is 12.0 Å². The Morgan fingerprint density at radius 1 is 1.54 bits per heavy atom. The average molecular weight is 178 g/mol. The minimum absolute atomic E-state index is 0.705. The lowest BCUT2D eigenvalue weighted by Gasteiger charge is -2.17. The van der Waals surface area contributed by atoms with Crippen LogP contribution < -0.4 is 0 Å². The summed E-state index contributed by atoms with van der Waals surface area (Å²) in [6.07, 6.45) is 11.9. The van der Waals surface area contributed by atoms with Gasteiger partial charge in [-0.25, -0.2) is 0 Å². The number of rotatable bonds is 4. The summed E-state index contributed by atoms with van der Waals surface area (Å²) in [7, 11) is 0. The van der Waals surface area contributed by atoms with Gasteiger partial charge in [-0.2, -0.15) is 0 Å². The smallest absolute Gasteiger partial charge is 0.0811 e. The first-order chi connectivity index (χ1) is 5.98. The molecule has 1 nitrogen and oxygen atoms in total. The predicted octanol–water partition coefficient (Wildman–Crippen LogP) is 2.67. The third-order valence-electron chi connectivity index (χ3n) is 1.74. The molecule has 0 amide bonds. The van der Waals surface area contributed by atoms with Crippen LogP contribution in [0.4, 0.5) is 0 Å². The second-order valence-electron chi connectivity index (χ2n) is 3.68. The van der Waals surface area contributed by atoms with Gasteiger partial charge in [0, 0.05) is 0 Å². The van der Waals surface area contributed by atoms with E-state index in [0.29, 0.717) is 6.42 Å². The molecule has 1 heteroatoms. The summed E-state index contributed by atoms with van der Waals surface area (Å²) < 4.78 is 0. The summed E-state index contributed by atoms with van der Waals surface area (Å²) >= 11 is 0. The maximum absolute atomic E-state index is 9.75. The fraction of sp³-hybridized carbons (Fsp3) is 0.500. The summed E-state index contributed by atoms with van der Waals surface area (Å²) in [6.45, 7) is 5.86. The molecule has 0 bridgehead atoms. The molecule has 0 aromatic carbocycles. The van der Waals surface area contributed by atoms with Crippen LogP contribution in [0, 0.1) is 12.3 Å². The second-order valence-corrected chi connectivity index (χ2v) is 3.68. The zero-order valence-electron chi connectivity index (χ0n) is 8.67. The van der Waals surface area contributed by atoms with Gasteiger partial charge in [-0.15, -0.1) is 6.42 Å². The van der Waals surface area contributed by atoms with E-state index in [0.717, 1.165) is 6.42 Å². The van der Waals surface area contributed by atoms with Crippen LogP contribution in [-0.2, 0) is 0 Å². The highest BCUT2D eigenvalue weighted by molar-refractivity contribution is 5.14. The molecule has 0 spiro atoms. The molecule has 0 saturated heterocycles. The van der Waals surface area contributed by atoms with Gasteiger partial charge in [-0.05, 0) is 45.8 Å². The molecule has 1 N–H and O–H groups in total. The van der Waals surface area contributed by atoms with E-state index < -0.39 is 5.60 Å². The number of hydrogen-bond donors (Lipinski definition) is 1. The van der Waals surface area contributed by atoms with Crippen LogP contribution in [0.3, 0.4) is 0 Å². The van der Waals surface area contributed by atoms with Crippen molar-refractivity contribution >= 4 is 0 Å². The third-order valence-corrected chi connectivity index (χ3v) is 1.74. The first kappa shape index (κ1) is 12.0. The van der Waals surface area contributed by atoms with Crippen molar-refractivity contribution in [1.82, 2.24) is 0 Å². The van der Waals surface area contributed by atoms with Crippen LogP contribution >= 0.6 is 0 Å². The highest BCUT2D eigenvalue weighted by Crippen LogP contribution is 2.14. The maximum Gasteiger partial charge on any atom is 0.0811 e. The lowest BCUT2D eigenvalue weighted by molar-refractivity contribution is 0.103. The first-order valence-corrected chi connectivity index (χ1v) is 4.47. The van der Waals surface area contributed by atoms with Gasteiger partial charge in [0.2, 0.25) is 0 Å². The molecule has 0 aliphatic rings. The standard InChI is InChI=1S/C12H18O/c1-5-6-9-12(4,13)10-7-8-11(2)3/h1,6,8-9,13H,7,10H2,2-4H3/b9-6+/t12-/m0/s1. The van der Waals surface area contributed by atoms with Crippen LogP contribution in [0.25, 0.3) is 0 Å². The lowest BCUT2D eigenvalue weighted by Crippen LogP contribution is -2.19. The molecule has 0 aromatic rings. The first-order valence-electron chi connectivity index (χ1n) is 4.47. The summed E-state index contributed by atoms with van der Waals surface area (Å²) in [4.78, 5) is 0. The molecule has 13 heavy (non-hydrogen) atoms. The monoisotopic (exact) mass is 178 g/mol. The van der Waals surface area contributed by atoms with Crippen molar-refractivity contribution in [1.29, 1.82) is 0 Å². The maximum atomic E-state index is 9.75. The van der Waals surface area contributed by atoms with E-state index in [1.54, 1.807) is 19.1 Å². The molecule has 0 aromatic heterocycles. The van der Waals surface area contributed by atoms with Crippen LogP contribution in [0.5, 0.6) is 0 Å². The van der Waals surface area contributed by atoms with Crippen LogP contribution in [0.15, 0.2) is 23.8 Å². The van der Waals surface area contributed by atoms with Crippen molar-refractivity contribution in [2.75, 3.05) is 0 Å². The topological polar surface area (TPSA) is 20.2 Å². The van der Waals surface area contributed by atoms with E-state index in [4.69, 9.17) is 6.42 Å². The van der Waals surface area contributed by atoms with Crippen molar-refractivity contribution in [3.05, 3.63) is 23.8 Å².